The number of rotatable bonds is 2. The Bertz CT molecular complexity index is 819. The largest absolute Gasteiger partial charge is 0.450 e. The van der Waals surface area contributed by atoms with Gasteiger partial charge in [-0.15, -0.1) is 0 Å². The van der Waals surface area contributed by atoms with Crippen LogP contribution < -0.4 is 0 Å². The van der Waals surface area contributed by atoms with Gasteiger partial charge in [-0.2, -0.15) is 0 Å². The summed E-state index contributed by atoms with van der Waals surface area (Å²) in [5, 5.41) is 0.760. The quantitative estimate of drug-likeness (QED) is 0.838. The van der Waals surface area contributed by atoms with Gasteiger partial charge in [-0.05, 0) is 13.0 Å². The molecule has 1 saturated heterocycles. The summed E-state index contributed by atoms with van der Waals surface area (Å²) in [4.78, 5) is 39.8. The van der Waals surface area contributed by atoms with E-state index >= 15 is 0 Å². The lowest BCUT2D eigenvalue weighted by Gasteiger charge is -2.34. The van der Waals surface area contributed by atoms with E-state index < -0.39 is 0 Å². The Kier molecular flexibility index (Phi) is 4.74. The summed E-state index contributed by atoms with van der Waals surface area (Å²) in [6, 6.07) is 7.36. The second-order valence-electron chi connectivity index (χ2n) is 5.93. The van der Waals surface area contributed by atoms with Crippen LogP contribution in [0.15, 0.2) is 30.5 Å². The van der Waals surface area contributed by atoms with Crippen LogP contribution in [0.1, 0.15) is 29.0 Å². The summed E-state index contributed by atoms with van der Waals surface area (Å²) in [6.45, 7) is 5.34. The molecule has 1 aromatic carbocycles. The van der Waals surface area contributed by atoms with E-state index in [4.69, 9.17) is 4.74 Å². The lowest BCUT2D eigenvalue weighted by molar-refractivity contribution is 0.0572. The van der Waals surface area contributed by atoms with Crippen molar-refractivity contribution in [1.29, 1.82) is 0 Å². The van der Waals surface area contributed by atoms with Crippen molar-refractivity contribution in [2.45, 2.75) is 13.8 Å². The molecule has 1 aromatic heterocycles. The molecule has 0 unspecified atom stereocenters. The molecule has 3 rings (SSSR count). The van der Waals surface area contributed by atoms with E-state index in [0.717, 1.165) is 10.9 Å². The fourth-order valence-corrected chi connectivity index (χ4v) is 3.09. The highest BCUT2D eigenvalue weighted by molar-refractivity contribution is 6.09. The third-order valence-corrected chi connectivity index (χ3v) is 4.37. The first-order valence-electron chi connectivity index (χ1n) is 8.35. The Morgan fingerprint density at radius 2 is 1.68 bits per heavy atom. The van der Waals surface area contributed by atoms with Gasteiger partial charge in [0.15, 0.2) is 0 Å². The van der Waals surface area contributed by atoms with Crippen molar-refractivity contribution in [2.24, 2.45) is 0 Å². The summed E-state index contributed by atoms with van der Waals surface area (Å²) in [5.41, 5.74) is 1.24. The minimum atomic E-state index is -0.345. The zero-order valence-electron chi connectivity index (χ0n) is 14.4. The highest BCUT2D eigenvalue weighted by Gasteiger charge is 2.27. The Balaban J connectivity index is 1.80. The number of nitrogens with zero attached hydrogens (tertiary/aromatic N) is 3. The van der Waals surface area contributed by atoms with E-state index in [0.29, 0.717) is 38.3 Å². The Labute approximate surface area is 145 Å². The number of carbonyl (C=O) groups excluding carboxylic acids is 3. The lowest BCUT2D eigenvalue weighted by Crippen LogP contribution is -2.50. The molecule has 0 saturated carbocycles. The third kappa shape index (κ3) is 3.22. The average molecular weight is 343 g/mol. The molecule has 2 amide bonds. The van der Waals surface area contributed by atoms with Gasteiger partial charge in [0.25, 0.3) is 5.91 Å². The Morgan fingerprint density at radius 3 is 2.32 bits per heavy atom. The third-order valence-electron chi connectivity index (χ3n) is 4.37. The van der Waals surface area contributed by atoms with Crippen molar-refractivity contribution in [1.82, 2.24) is 14.4 Å². The average Bonchev–Trinajstić information content (AvgIpc) is 3.01. The molecule has 0 spiro atoms. The molecule has 132 valence electrons. The summed E-state index contributed by atoms with van der Waals surface area (Å²) in [5.74, 6) is -0.262. The smallest absolute Gasteiger partial charge is 0.409 e. The number of hydrogen-bond donors (Lipinski definition) is 0. The van der Waals surface area contributed by atoms with E-state index in [2.05, 4.69) is 0 Å². The normalized spacial score (nSPS) is 14.6. The molecule has 0 N–H and O–H groups in total. The SMILES string of the molecule is CCOC(=O)N1CCN(C(=O)c2cn(C(C)=O)c3ccccc23)CC1. The molecule has 0 atom stereocenters. The van der Waals surface area contributed by atoms with Gasteiger partial charge in [0.1, 0.15) is 0 Å². The number of carbonyl (C=O) groups is 3. The number of ether oxygens (including phenoxy) is 1. The molecule has 0 aliphatic carbocycles. The topological polar surface area (TPSA) is 71.8 Å². The van der Waals surface area contributed by atoms with E-state index in [1.165, 1.54) is 11.5 Å². The number of para-hydroxylation sites is 1. The first kappa shape index (κ1) is 17.0. The summed E-state index contributed by atoms with van der Waals surface area (Å²) < 4.78 is 6.49. The van der Waals surface area contributed by atoms with Crippen LogP contribution in [0, 0.1) is 0 Å². The van der Waals surface area contributed by atoms with Crippen molar-refractivity contribution < 1.29 is 19.1 Å². The van der Waals surface area contributed by atoms with Gasteiger partial charge in [-0.1, -0.05) is 18.2 Å². The molecule has 25 heavy (non-hydrogen) atoms. The fraction of sp³-hybridized carbons (Fsp3) is 0.389. The number of aromatic nitrogens is 1. The number of fused-ring (bicyclic) bond motifs is 1. The molecule has 0 bridgehead atoms. The molecule has 2 heterocycles. The monoisotopic (exact) mass is 343 g/mol. The lowest BCUT2D eigenvalue weighted by atomic mass is 10.1. The van der Waals surface area contributed by atoms with E-state index in [-0.39, 0.29) is 17.9 Å². The highest BCUT2D eigenvalue weighted by atomic mass is 16.6. The maximum absolute atomic E-state index is 12.9. The summed E-state index contributed by atoms with van der Waals surface area (Å²) in [7, 11) is 0. The molecule has 0 radical (unpaired) electrons. The van der Waals surface area contributed by atoms with Crippen LogP contribution in [0.25, 0.3) is 10.9 Å². The molecular formula is C18H21N3O4. The van der Waals surface area contributed by atoms with Crippen LogP contribution in [0.5, 0.6) is 0 Å². The summed E-state index contributed by atoms with van der Waals surface area (Å²) >= 11 is 0. The van der Waals surface area contributed by atoms with Crippen LogP contribution >= 0.6 is 0 Å². The molecule has 7 heteroatoms. The number of hydrogen-bond acceptors (Lipinski definition) is 4. The maximum Gasteiger partial charge on any atom is 0.409 e. The molecular weight excluding hydrogens is 322 g/mol. The van der Waals surface area contributed by atoms with Crippen molar-refractivity contribution in [3.05, 3.63) is 36.0 Å². The van der Waals surface area contributed by atoms with E-state index in [1.54, 1.807) is 22.9 Å². The van der Waals surface area contributed by atoms with Crippen molar-refractivity contribution in [2.75, 3.05) is 32.8 Å². The molecule has 1 aliphatic rings. The first-order chi connectivity index (χ1) is 12.0. The van der Waals surface area contributed by atoms with Crippen molar-refractivity contribution in [3.8, 4) is 0 Å². The second-order valence-corrected chi connectivity index (χ2v) is 5.93. The van der Waals surface area contributed by atoms with Gasteiger partial charge in [0.05, 0.1) is 17.7 Å². The van der Waals surface area contributed by atoms with Crippen LogP contribution in [0.3, 0.4) is 0 Å². The van der Waals surface area contributed by atoms with Crippen LogP contribution in [-0.4, -0.2) is 65.1 Å². The van der Waals surface area contributed by atoms with Crippen LogP contribution in [0.4, 0.5) is 4.79 Å². The highest BCUT2D eigenvalue weighted by Crippen LogP contribution is 2.23. The van der Waals surface area contributed by atoms with Gasteiger partial charge in [0.2, 0.25) is 5.91 Å². The van der Waals surface area contributed by atoms with Gasteiger partial charge in [-0.25, -0.2) is 4.79 Å². The van der Waals surface area contributed by atoms with Gasteiger partial charge in [-0.3, -0.25) is 14.2 Å². The minimum absolute atomic E-state index is 0.125. The van der Waals surface area contributed by atoms with Gasteiger partial charge >= 0.3 is 6.09 Å². The standard InChI is InChI=1S/C18H21N3O4/c1-3-25-18(24)20-10-8-19(9-11-20)17(23)15-12-21(13(2)22)16-7-5-4-6-14(15)16/h4-7,12H,3,8-11H2,1-2H3. The summed E-state index contributed by atoms with van der Waals surface area (Å²) in [6.07, 6.45) is 1.26. The molecule has 1 fully saturated rings. The Morgan fingerprint density at radius 1 is 1.04 bits per heavy atom. The van der Waals surface area contributed by atoms with Crippen molar-refractivity contribution in [3.63, 3.8) is 0 Å². The maximum atomic E-state index is 12.9. The molecule has 1 aliphatic heterocycles. The predicted octanol–water partition coefficient (Wildman–Crippen LogP) is 2.22. The first-order valence-corrected chi connectivity index (χ1v) is 8.35. The molecule has 7 nitrogen and oxygen atoms in total. The minimum Gasteiger partial charge on any atom is -0.450 e. The number of benzene rings is 1. The predicted molar refractivity (Wildman–Crippen MR) is 92.7 cm³/mol. The number of piperazine rings is 1. The second kappa shape index (κ2) is 6.96. The van der Waals surface area contributed by atoms with Crippen LogP contribution in [0.2, 0.25) is 0 Å². The van der Waals surface area contributed by atoms with E-state index in [1.807, 2.05) is 24.3 Å². The Hall–Kier alpha value is -2.83. The zero-order chi connectivity index (χ0) is 18.0. The zero-order valence-corrected chi connectivity index (χ0v) is 14.4. The van der Waals surface area contributed by atoms with E-state index in [9.17, 15) is 14.4 Å². The van der Waals surface area contributed by atoms with Gasteiger partial charge in [0, 0.05) is 44.7 Å². The van der Waals surface area contributed by atoms with Crippen molar-refractivity contribution >= 4 is 28.8 Å². The number of amides is 2. The fourth-order valence-electron chi connectivity index (χ4n) is 3.09. The van der Waals surface area contributed by atoms with Crippen LogP contribution in [-0.2, 0) is 4.74 Å². The molecule has 2 aromatic rings. The van der Waals surface area contributed by atoms with Gasteiger partial charge < -0.3 is 14.5 Å².